The Morgan fingerprint density at radius 2 is 2.16 bits per heavy atom. The maximum absolute atomic E-state index is 12.3. The van der Waals surface area contributed by atoms with Crippen LogP contribution in [0.25, 0.3) is 0 Å². The first-order valence-corrected chi connectivity index (χ1v) is 7.17. The smallest absolute Gasteiger partial charge is 0.225 e. The number of amides is 1. The van der Waals surface area contributed by atoms with Crippen molar-refractivity contribution in [2.45, 2.75) is 31.8 Å². The van der Waals surface area contributed by atoms with Crippen LogP contribution in [0.4, 0.5) is 0 Å². The summed E-state index contributed by atoms with van der Waals surface area (Å²) < 4.78 is 0. The third kappa shape index (κ3) is 3.62. The van der Waals surface area contributed by atoms with Gasteiger partial charge in [0.1, 0.15) is 0 Å². The Morgan fingerprint density at radius 3 is 2.74 bits per heavy atom. The summed E-state index contributed by atoms with van der Waals surface area (Å²) in [5.74, 6) is 0.213. The maximum atomic E-state index is 12.3. The van der Waals surface area contributed by atoms with E-state index in [4.69, 9.17) is 28.9 Å². The normalized spacial score (nSPS) is 22.5. The van der Waals surface area contributed by atoms with E-state index in [-0.39, 0.29) is 17.9 Å². The third-order valence-corrected chi connectivity index (χ3v) is 4.21. The largest absolute Gasteiger partial charge is 0.341 e. The molecule has 2 unspecified atom stereocenters. The van der Waals surface area contributed by atoms with Gasteiger partial charge in [0, 0.05) is 35.6 Å². The van der Waals surface area contributed by atoms with E-state index in [1.54, 1.807) is 24.1 Å². The molecule has 1 aromatic carbocycles. The van der Waals surface area contributed by atoms with Crippen molar-refractivity contribution in [3.05, 3.63) is 33.8 Å². The second-order valence-corrected chi connectivity index (χ2v) is 6.04. The lowest BCUT2D eigenvalue weighted by Gasteiger charge is -2.21. The molecule has 1 fully saturated rings. The molecule has 2 rings (SSSR count). The highest BCUT2D eigenvalue weighted by Crippen LogP contribution is 2.27. The first-order chi connectivity index (χ1) is 8.97. The quantitative estimate of drug-likeness (QED) is 0.932. The molecule has 0 heterocycles. The van der Waals surface area contributed by atoms with Gasteiger partial charge in [-0.3, -0.25) is 4.79 Å². The van der Waals surface area contributed by atoms with Gasteiger partial charge in [-0.25, -0.2) is 0 Å². The van der Waals surface area contributed by atoms with E-state index >= 15 is 0 Å². The van der Waals surface area contributed by atoms with E-state index in [1.165, 1.54) is 0 Å². The van der Waals surface area contributed by atoms with Gasteiger partial charge in [-0.2, -0.15) is 0 Å². The molecule has 0 aliphatic heterocycles. The highest BCUT2D eigenvalue weighted by Gasteiger charge is 2.29. The number of carbonyl (C=O) groups excluding carboxylic acids is 1. The Labute approximate surface area is 123 Å². The van der Waals surface area contributed by atoms with Gasteiger partial charge >= 0.3 is 0 Å². The maximum Gasteiger partial charge on any atom is 0.225 e. The Bertz CT molecular complexity index is 479. The van der Waals surface area contributed by atoms with Crippen LogP contribution in [-0.2, 0) is 11.3 Å². The van der Waals surface area contributed by atoms with Crippen molar-refractivity contribution in [3.8, 4) is 0 Å². The fourth-order valence-electron chi connectivity index (χ4n) is 2.54. The molecule has 0 saturated heterocycles. The van der Waals surface area contributed by atoms with E-state index in [0.29, 0.717) is 16.6 Å². The van der Waals surface area contributed by atoms with Crippen LogP contribution in [0.1, 0.15) is 24.8 Å². The molecular formula is C14H18Cl2N2O. The highest BCUT2D eigenvalue weighted by molar-refractivity contribution is 6.35. The van der Waals surface area contributed by atoms with Crippen molar-refractivity contribution in [2.24, 2.45) is 11.7 Å². The molecule has 0 aromatic heterocycles. The van der Waals surface area contributed by atoms with E-state index in [0.717, 1.165) is 24.8 Å². The molecule has 19 heavy (non-hydrogen) atoms. The zero-order valence-corrected chi connectivity index (χ0v) is 12.4. The Morgan fingerprint density at radius 1 is 1.42 bits per heavy atom. The van der Waals surface area contributed by atoms with E-state index in [9.17, 15) is 4.79 Å². The summed E-state index contributed by atoms with van der Waals surface area (Å²) in [7, 11) is 1.80. The lowest BCUT2D eigenvalue weighted by Crippen LogP contribution is -2.32. The average molecular weight is 301 g/mol. The molecule has 1 saturated carbocycles. The second-order valence-electron chi connectivity index (χ2n) is 5.20. The van der Waals surface area contributed by atoms with Crippen molar-refractivity contribution >= 4 is 29.1 Å². The van der Waals surface area contributed by atoms with Gasteiger partial charge in [-0.05, 0) is 37.0 Å². The van der Waals surface area contributed by atoms with Crippen LogP contribution in [0, 0.1) is 5.92 Å². The molecular weight excluding hydrogens is 283 g/mol. The summed E-state index contributed by atoms with van der Waals surface area (Å²) in [6, 6.07) is 5.50. The molecule has 1 aliphatic carbocycles. The van der Waals surface area contributed by atoms with Crippen LogP contribution in [0.15, 0.2) is 18.2 Å². The zero-order valence-electron chi connectivity index (χ0n) is 10.9. The molecule has 0 radical (unpaired) electrons. The Balaban J connectivity index is 2.00. The summed E-state index contributed by atoms with van der Waals surface area (Å²) in [5, 5.41) is 1.19. The number of hydrogen-bond donors (Lipinski definition) is 1. The zero-order chi connectivity index (χ0) is 14.0. The van der Waals surface area contributed by atoms with Crippen molar-refractivity contribution in [1.82, 2.24) is 4.90 Å². The van der Waals surface area contributed by atoms with Gasteiger partial charge in [0.2, 0.25) is 5.91 Å². The SMILES string of the molecule is CN(Cc1ccc(Cl)cc1Cl)C(=O)C1CCC(N)C1. The van der Waals surface area contributed by atoms with Crippen LogP contribution in [0.5, 0.6) is 0 Å². The summed E-state index contributed by atoms with van der Waals surface area (Å²) >= 11 is 12.0. The standard InChI is InChI=1S/C14H18Cl2N2O/c1-18(14(19)9-3-5-12(17)6-9)8-10-2-4-11(15)7-13(10)16/h2,4,7,9,12H,3,5-6,8,17H2,1H3. The predicted molar refractivity (Wildman–Crippen MR) is 78.3 cm³/mol. The molecule has 2 N–H and O–H groups in total. The van der Waals surface area contributed by atoms with Gasteiger partial charge in [0.15, 0.2) is 0 Å². The van der Waals surface area contributed by atoms with Crippen LogP contribution in [0.2, 0.25) is 10.0 Å². The molecule has 3 nitrogen and oxygen atoms in total. The number of nitrogens with zero attached hydrogens (tertiary/aromatic N) is 1. The molecule has 0 spiro atoms. The predicted octanol–water partition coefficient (Wildman–Crippen LogP) is 3.08. The minimum atomic E-state index is 0.0612. The second kappa shape index (κ2) is 6.12. The molecule has 1 amide bonds. The lowest BCUT2D eigenvalue weighted by atomic mass is 10.1. The van der Waals surface area contributed by atoms with E-state index in [2.05, 4.69) is 0 Å². The fraction of sp³-hybridized carbons (Fsp3) is 0.500. The minimum Gasteiger partial charge on any atom is -0.341 e. The summed E-state index contributed by atoms with van der Waals surface area (Å²) in [4.78, 5) is 14.0. The molecule has 1 aliphatic rings. The van der Waals surface area contributed by atoms with Crippen molar-refractivity contribution in [3.63, 3.8) is 0 Å². The fourth-order valence-corrected chi connectivity index (χ4v) is 3.00. The van der Waals surface area contributed by atoms with E-state index < -0.39 is 0 Å². The van der Waals surface area contributed by atoms with Gasteiger partial charge in [0.25, 0.3) is 0 Å². The number of benzene rings is 1. The Kier molecular flexibility index (Phi) is 4.71. The average Bonchev–Trinajstić information content (AvgIpc) is 2.78. The topological polar surface area (TPSA) is 46.3 Å². The number of rotatable bonds is 3. The number of hydrogen-bond acceptors (Lipinski definition) is 2. The molecule has 0 bridgehead atoms. The van der Waals surface area contributed by atoms with Gasteiger partial charge in [0.05, 0.1) is 0 Å². The van der Waals surface area contributed by atoms with Crippen LogP contribution >= 0.6 is 23.2 Å². The molecule has 5 heteroatoms. The lowest BCUT2D eigenvalue weighted by molar-refractivity contribution is -0.134. The summed E-state index contributed by atoms with van der Waals surface area (Å²) in [5.41, 5.74) is 6.76. The molecule has 2 atom stereocenters. The summed E-state index contributed by atoms with van der Waals surface area (Å²) in [6.45, 7) is 0.501. The highest BCUT2D eigenvalue weighted by atomic mass is 35.5. The molecule has 104 valence electrons. The first-order valence-electron chi connectivity index (χ1n) is 6.42. The van der Waals surface area contributed by atoms with Crippen LogP contribution in [0.3, 0.4) is 0 Å². The summed E-state index contributed by atoms with van der Waals surface area (Å²) in [6.07, 6.45) is 2.61. The van der Waals surface area contributed by atoms with Crippen LogP contribution < -0.4 is 5.73 Å². The van der Waals surface area contributed by atoms with Crippen molar-refractivity contribution in [2.75, 3.05) is 7.05 Å². The van der Waals surface area contributed by atoms with Gasteiger partial charge in [-0.1, -0.05) is 29.3 Å². The Hall–Kier alpha value is -0.770. The van der Waals surface area contributed by atoms with Crippen LogP contribution in [-0.4, -0.2) is 23.9 Å². The van der Waals surface area contributed by atoms with E-state index in [1.807, 2.05) is 6.07 Å². The minimum absolute atomic E-state index is 0.0612. The van der Waals surface area contributed by atoms with Crippen molar-refractivity contribution in [1.29, 1.82) is 0 Å². The number of nitrogens with two attached hydrogens (primary N) is 1. The monoisotopic (exact) mass is 300 g/mol. The number of carbonyl (C=O) groups is 1. The molecule has 1 aromatic rings. The van der Waals surface area contributed by atoms with Gasteiger partial charge in [-0.15, -0.1) is 0 Å². The first kappa shape index (κ1) is 14.6. The number of halogens is 2. The van der Waals surface area contributed by atoms with Crippen molar-refractivity contribution < 1.29 is 4.79 Å². The third-order valence-electron chi connectivity index (χ3n) is 3.62. The van der Waals surface area contributed by atoms with Gasteiger partial charge < -0.3 is 10.6 Å².